The van der Waals surface area contributed by atoms with Gasteiger partial charge in [-0.15, -0.1) is 24.0 Å². The van der Waals surface area contributed by atoms with Crippen LogP contribution in [0.5, 0.6) is 5.75 Å². The van der Waals surface area contributed by atoms with Crippen LogP contribution in [0.4, 0.5) is 0 Å². The number of piperazine rings is 1. The van der Waals surface area contributed by atoms with E-state index >= 15 is 0 Å². The zero-order valence-corrected chi connectivity index (χ0v) is 21.3. The number of guanidine groups is 1. The minimum absolute atomic E-state index is 0. The number of amides is 1. The first kappa shape index (κ1) is 25.7. The van der Waals surface area contributed by atoms with E-state index in [2.05, 4.69) is 31.5 Å². The van der Waals surface area contributed by atoms with Crippen molar-refractivity contribution in [1.29, 1.82) is 0 Å². The molecule has 3 rings (SSSR count). The third-order valence-electron chi connectivity index (χ3n) is 6.05. The molecule has 174 valence electrons. The first-order chi connectivity index (χ1) is 14.7. The van der Waals surface area contributed by atoms with Crippen LogP contribution in [-0.2, 0) is 11.3 Å². The molecule has 2 N–H and O–H groups in total. The molecular weight excluding hydrogens is 505 g/mol. The van der Waals surface area contributed by atoms with Crippen molar-refractivity contribution in [3.63, 3.8) is 0 Å². The van der Waals surface area contributed by atoms with Crippen molar-refractivity contribution >= 4 is 35.8 Å². The van der Waals surface area contributed by atoms with E-state index in [1.165, 1.54) is 12.8 Å². The maximum Gasteiger partial charge on any atom is 0.225 e. The van der Waals surface area contributed by atoms with Crippen molar-refractivity contribution in [2.45, 2.75) is 39.2 Å². The zero-order chi connectivity index (χ0) is 21.2. The largest absolute Gasteiger partial charge is 0.494 e. The first-order valence-corrected chi connectivity index (χ1v) is 11.4. The fourth-order valence-electron chi connectivity index (χ4n) is 4.30. The topological polar surface area (TPSA) is 69.2 Å². The summed E-state index contributed by atoms with van der Waals surface area (Å²) >= 11 is 0. The van der Waals surface area contributed by atoms with Crippen LogP contribution < -0.4 is 15.4 Å². The molecule has 1 aromatic rings. The van der Waals surface area contributed by atoms with Crippen LogP contribution in [0.3, 0.4) is 0 Å². The van der Waals surface area contributed by atoms with Gasteiger partial charge in [-0.05, 0) is 25.8 Å². The Kier molecular flexibility index (Phi) is 11.4. The lowest BCUT2D eigenvalue weighted by atomic mass is 10.1. The first-order valence-electron chi connectivity index (χ1n) is 11.4. The Hall–Kier alpha value is -1.55. The summed E-state index contributed by atoms with van der Waals surface area (Å²) in [5.74, 6) is 2.38. The highest BCUT2D eigenvalue weighted by Gasteiger charge is 2.29. The average molecular weight is 543 g/mol. The predicted molar refractivity (Wildman–Crippen MR) is 136 cm³/mol. The van der Waals surface area contributed by atoms with E-state index < -0.39 is 0 Å². The molecule has 8 heteroatoms. The highest BCUT2D eigenvalue weighted by Crippen LogP contribution is 2.26. The van der Waals surface area contributed by atoms with Gasteiger partial charge in [0.2, 0.25) is 5.91 Å². The fourth-order valence-corrected chi connectivity index (χ4v) is 4.30. The monoisotopic (exact) mass is 543 g/mol. The molecule has 0 aromatic heterocycles. The maximum absolute atomic E-state index is 12.6. The second kappa shape index (κ2) is 13.8. The van der Waals surface area contributed by atoms with Gasteiger partial charge in [-0.1, -0.05) is 31.0 Å². The number of benzene rings is 1. The lowest BCUT2D eigenvalue weighted by Crippen LogP contribution is -2.51. The molecular formula is C23H38IN5O2. The minimum atomic E-state index is 0. The SMILES string of the molecule is CCOc1ccccc1CNC(=NC)NCCN1CCN(C(=O)C2CCCC2)CC1.I. The lowest BCUT2D eigenvalue weighted by molar-refractivity contribution is -0.137. The van der Waals surface area contributed by atoms with Crippen LogP contribution in [0.1, 0.15) is 38.2 Å². The summed E-state index contributed by atoms with van der Waals surface area (Å²) in [5.41, 5.74) is 1.12. The van der Waals surface area contributed by atoms with Gasteiger partial charge < -0.3 is 20.3 Å². The van der Waals surface area contributed by atoms with Crippen LogP contribution in [-0.4, -0.2) is 74.6 Å². The molecule has 1 aliphatic heterocycles. The summed E-state index contributed by atoms with van der Waals surface area (Å²) < 4.78 is 5.69. The van der Waals surface area contributed by atoms with Gasteiger partial charge in [0.05, 0.1) is 6.61 Å². The number of para-hydroxylation sites is 1. The van der Waals surface area contributed by atoms with Crippen LogP contribution in [0.15, 0.2) is 29.3 Å². The van der Waals surface area contributed by atoms with Crippen molar-refractivity contribution in [2.24, 2.45) is 10.9 Å². The number of nitrogens with one attached hydrogen (secondary N) is 2. The molecule has 0 spiro atoms. The van der Waals surface area contributed by atoms with Crippen LogP contribution in [0.25, 0.3) is 0 Å². The molecule has 0 bridgehead atoms. The number of hydrogen-bond acceptors (Lipinski definition) is 4. The highest BCUT2D eigenvalue weighted by molar-refractivity contribution is 14.0. The lowest BCUT2D eigenvalue weighted by Gasteiger charge is -2.36. The van der Waals surface area contributed by atoms with Crippen molar-refractivity contribution in [3.05, 3.63) is 29.8 Å². The van der Waals surface area contributed by atoms with Crippen LogP contribution in [0, 0.1) is 5.92 Å². The Morgan fingerprint density at radius 2 is 1.84 bits per heavy atom. The van der Waals surface area contributed by atoms with Crippen molar-refractivity contribution in [3.8, 4) is 5.75 Å². The smallest absolute Gasteiger partial charge is 0.225 e. The van der Waals surface area contributed by atoms with Crippen LogP contribution in [0.2, 0.25) is 0 Å². The number of aliphatic imine (C=N–C) groups is 1. The summed E-state index contributed by atoms with van der Waals surface area (Å²) in [5, 5.41) is 6.76. The standard InChI is InChI=1S/C23H37N5O2.HI/c1-3-30-21-11-7-6-10-20(21)18-26-23(24-2)25-12-13-27-14-16-28(17-15-27)22(29)19-8-4-5-9-19;/h6-7,10-11,19H,3-5,8-9,12-18H2,1-2H3,(H2,24,25,26);1H. The van der Waals surface area contributed by atoms with Gasteiger partial charge in [0.15, 0.2) is 5.96 Å². The van der Waals surface area contributed by atoms with Gasteiger partial charge >= 0.3 is 0 Å². The number of nitrogens with zero attached hydrogens (tertiary/aromatic N) is 3. The summed E-state index contributed by atoms with van der Waals surface area (Å²) in [6, 6.07) is 8.07. The Morgan fingerprint density at radius 3 is 2.52 bits per heavy atom. The van der Waals surface area contributed by atoms with E-state index in [-0.39, 0.29) is 24.0 Å². The normalized spacial score (nSPS) is 17.9. The van der Waals surface area contributed by atoms with Crippen molar-refractivity contribution < 1.29 is 9.53 Å². The molecule has 31 heavy (non-hydrogen) atoms. The molecule has 1 amide bonds. The number of carbonyl (C=O) groups excluding carboxylic acids is 1. The van der Waals surface area contributed by atoms with E-state index in [0.29, 0.717) is 25.0 Å². The number of hydrogen-bond donors (Lipinski definition) is 2. The molecule has 1 aliphatic carbocycles. The summed E-state index contributed by atoms with van der Waals surface area (Å²) in [7, 11) is 1.79. The molecule has 0 atom stereocenters. The molecule has 2 aliphatic rings. The van der Waals surface area contributed by atoms with Crippen molar-refractivity contribution in [1.82, 2.24) is 20.4 Å². The number of ether oxygens (including phenoxy) is 1. The minimum Gasteiger partial charge on any atom is -0.494 e. The van der Waals surface area contributed by atoms with Gasteiger partial charge in [-0.2, -0.15) is 0 Å². The molecule has 1 heterocycles. The molecule has 0 radical (unpaired) electrons. The zero-order valence-electron chi connectivity index (χ0n) is 18.9. The van der Waals surface area contributed by atoms with E-state index in [9.17, 15) is 4.79 Å². The van der Waals surface area contributed by atoms with Gasteiger partial charge in [0.25, 0.3) is 0 Å². The summed E-state index contributed by atoms with van der Waals surface area (Å²) in [4.78, 5) is 21.4. The third-order valence-corrected chi connectivity index (χ3v) is 6.05. The van der Waals surface area contributed by atoms with Gasteiger partial charge in [-0.3, -0.25) is 14.7 Å². The van der Waals surface area contributed by atoms with E-state index in [0.717, 1.165) is 69.4 Å². The molecule has 2 fully saturated rings. The number of halogens is 1. The molecule has 1 saturated heterocycles. The quantitative estimate of drug-likeness (QED) is 0.300. The Labute approximate surface area is 204 Å². The Bertz CT molecular complexity index is 701. The Balaban J connectivity index is 0.00000341. The summed E-state index contributed by atoms with van der Waals surface area (Å²) in [6.07, 6.45) is 4.61. The summed E-state index contributed by atoms with van der Waals surface area (Å²) in [6.45, 7) is 8.70. The van der Waals surface area contributed by atoms with Gasteiger partial charge in [0, 0.05) is 64.3 Å². The molecule has 1 saturated carbocycles. The molecule has 1 aromatic carbocycles. The number of carbonyl (C=O) groups is 1. The predicted octanol–water partition coefficient (Wildman–Crippen LogP) is 2.70. The molecule has 0 unspecified atom stereocenters. The fraction of sp³-hybridized carbons (Fsp3) is 0.652. The highest BCUT2D eigenvalue weighted by atomic mass is 127. The van der Waals surface area contributed by atoms with E-state index in [4.69, 9.17) is 4.74 Å². The van der Waals surface area contributed by atoms with Gasteiger partial charge in [0.1, 0.15) is 5.75 Å². The second-order valence-electron chi connectivity index (χ2n) is 8.04. The maximum atomic E-state index is 12.6. The molecule has 7 nitrogen and oxygen atoms in total. The van der Waals surface area contributed by atoms with E-state index in [1.807, 2.05) is 25.1 Å². The van der Waals surface area contributed by atoms with Crippen molar-refractivity contribution in [2.75, 3.05) is 52.9 Å². The van der Waals surface area contributed by atoms with E-state index in [1.54, 1.807) is 7.05 Å². The Morgan fingerprint density at radius 1 is 1.13 bits per heavy atom. The number of rotatable bonds is 8. The van der Waals surface area contributed by atoms with Crippen LogP contribution >= 0.6 is 24.0 Å². The second-order valence-corrected chi connectivity index (χ2v) is 8.04. The average Bonchev–Trinajstić information content (AvgIpc) is 3.32. The van der Waals surface area contributed by atoms with Gasteiger partial charge in [-0.25, -0.2) is 0 Å². The third kappa shape index (κ3) is 7.82.